The summed E-state index contributed by atoms with van der Waals surface area (Å²) in [7, 11) is 0. The van der Waals surface area contributed by atoms with Crippen LogP contribution in [0.3, 0.4) is 0 Å². The first-order valence-electron chi connectivity index (χ1n) is 5.56. The van der Waals surface area contributed by atoms with Crippen molar-refractivity contribution in [2.45, 2.75) is 32.7 Å². The molecule has 86 valence electrons. The number of nitrogens with zero attached hydrogens (tertiary/aromatic N) is 1. The predicted molar refractivity (Wildman–Crippen MR) is 65.7 cm³/mol. The Morgan fingerprint density at radius 3 is 3.00 bits per heavy atom. The maximum Gasteiger partial charge on any atom is 0.219 e. The van der Waals surface area contributed by atoms with Gasteiger partial charge in [0.2, 0.25) is 5.91 Å². The minimum atomic E-state index is 0.155. The zero-order valence-corrected chi connectivity index (χ0v) is 10.4. The van der Waals surface area contributed by atoms with E-state index in [-0.39, 0.29) is 11.9 Å². The van der Waals surface area contributed by atoms with Gasteiger partial charge in [-0.15, -0.1) is 0 Å². The van der Waals surface area contributed by atoms with Crippen molar-refractivity contribution in [3.05, 3.63) is 28.0 Å². The van der Waals surface area contributed by atoms with Crippen LogP contribution in [0.5, 0.6) is 0 Å². The monoisotopic (exact) mass is 236 g/mol. The van der Waals surface area contributed by atoms with Gasteiger partial charge in [0.1, 0.15) is 4.64 Å². The summed E-state index contributed by atoms with van der Waals surface area (Å²) in [4.78, 5) is 16.5. The van der Waals surface area contributed by atoms with Crippen molar-refractivity contribution in [3.63, 3.8) is 0 Å². The summed E-state index contributed by atoms with van der Waals surface area (Å²) in [6, 6.07) is 2.31. The van der Waals surface area contributed by atoms with Gasteiger partial charge >= 0.3 is 0 Å². The van der Waals surface area contributed by atoms with Crippen molar-refractivity contribution in [1.29, 1.82) is 0 Å². The number of likely N-dealkylation sites (tertiary alicyclic amines) is 1. The van der Waals surface area contributed by atoms with Crippen LogP contribution >= 0.6 is 12.2 Å². The molecule has 2 rings (SSSR count). The first-order valence-corrected chi connectivity index (χ1v) is 5.97. The maximum absolute atomic E-state index is 11.5. The van der Waals surface area contributed by atoms with E-state index in [9.17, 15) is 4.79 Å². The fraction of sp³-hybridized carbons (Fsp3) is 0.500. The average molecular weight is 236 g/mol. The highest BCUT2D eigenvalue weighted by molar-refractivity contribution is 7.71. The molecular weight excluding hydrogens is 220 g/mol. The molecule has 0 bridgehead atoms. The quantitative estimate of drug-likeness (QED) is 0.761. The zero-order chi connectivity index (χ0) is 11.7. The lowest BCUT2D eigenvalue weighted by Gasteiger charge is -2.23. The number of aromatic nitrogens is 1. The Bertz CT molecular complexity index is 466. The van der Waals surface area contributed by atoms with Gasteiger partial charge in [-0.1, -0.05) is 12.2 Å². The molecule has 1 aliphatic rings. The fourth-order valence-electron chi connectivity index (χ4n) is 2.30. The Labute approximate surface area is 100 Å². The van der Waals surface area contributed by atoms with Crippen molar-refractivity contribution < 1.29 is 4.79 Å². The normalized spacial score (nSPS) is 20.1. The van der Waals surface area contributed by atoms with Gasteiger partial charge in [-0.3, -0.25) is 4.79 Å². The van der Waals surface area contributed by atoms with E-state index in [1.165, 1.54) is 5.56 Å². The molecule has 1 aromatic rings. The molecular formula is C12H16N2OS. The predicted octanol–water partition coefficient (Wildman–Crippen LogP) is 2.74. The number of amides is 1. The van der Waals surface area contributed by atoms with E-state index < -0.39 is 0 Å². The number of pyridine rings is 1. The van der Waals surface area contributed by atoms with E-state index in [1.807, 2.05) is 18.0 Å². The summed E-state index contributed by atoms with van der Waals surface area (Å²) in [6.07, 6.45) is 4.06. The number of hydrogen-bond donors (Lipinski definition) is 1. The second kappa shape index (κ2) is 4.37. The molecule has 4 heteroatoms. The molecule has 3 nitrogen and oxygen atoms in total. The number of aromatic amines is 1. The third-order valence-corrected chi connectivity index (χ3v) is 3.59. The Balaban J connectivity index is 2.33. The van der Waals surface area contributed by atoms with Gasteiger partial charge in [0.25, 0.3) is 0 Å². The van der Waals surface area contributed by atoms with E-state index >= 15 is 0 Å². The lowest BCUT2D eigenvalue weighted by molar-refractivity contribution is -0.129. The molecule has 1 fully saturated rings. The largest absolute Gasteiger partial charge is 0.352 e. The van der Waals surface area contributed by atoms with Crippen LogP contribution < -0.4 is 0 Å². The van der Waals surface area contributed by atoms with Gasteiger partial charge in [-0.2, -0.15) is 0 Å². The molecule has 0 saturated carbocycles. The molecule has 1 aromatic heterocycles. The average Bonchev–Trinajstić information content (AvgIpc) is 2.71. The molecule has 0 radical (unpaired) electrons. The van der Waals surface area contributed by atoms with E-state index in [4.69, 9.17) is 12.2 Å². The van der Waals surface area contributed by atoms with Crippen LogP contribution in [0.4, 0.5) is 0 Å². The van der Waals surface area contributed by atoms with Crippen molar-refractivity contribution in [2.24, 2.45) is 0 Å². The summed E-state index contributed by atoms with van der Waals surface area (Å²) in [5, 5.41) is 0. The molecule has 2 heterocycles. The number of carbonyl (C=O) groups excluding carboxylic acids is 1. The highest BCUT2D eigenvalue weighted by Gasteiger charge is 2.27. The lowest BCUT2D eigenvalue weighted by atomic mass is 10.1. The van der Waals surface area contributed by atoms with Gasteiger partial charge in [0.05, 0.1) is 6.04 Å². The van der Waals surface area contributed by atoms with Gasteiger partial charge in [0, 0.05) is 19.7 Å². The standard InChI is InChI=1S/C12H16N2OS/c1-8-6-10(7-13-12(8)16)11-4-3-5-14(11)9(2)15/h6-7,11H,3-5H2,1-2H3,(H,13,16). The maximum atomic E-state index is 11.5. The lowest BCUT2D eigenvalue weighted by Crippen LogP contribution is -2.28. The molecule has 1 amide bonds. The highest BCUT2D eigenvalue weighted by Crippen LogP contribution is 2.31. The molecule has 1 N–H and O–H groups in total. The van der Waals surface area contributed by atoms with Gasteiger partial charge < -0.3 is 9.88 Å². The van der Waals surface area contributed by atoms with Crippen LogP contribution in [0, 0.1) is 11.6 Å². The van der Waals surface area contributed by atoms with E-state index in [1.54, 1.807) is 6.92 Å². The minimum Gasteiger partial charge on any atom is -0.352 e. The van der Waals surface area contributed by atoms with Gasteiger partial charge in [-0.05, 0) is 37.0 Å². The van der Waals surface area contributed by atoms with Crippen LogP contribution in [-0.4, -0.2) is 22.3 Å². The summed E-state index contributed by atoms with van der Waals surface area (Å²) >= 11 is 5.13. The molecule has 1 atom stereocenters. The van der Waals surface area contributed by atoms with Crippen LogP contribution in [0.15, 0.2) is 12.3 Å². The Hall–Kier alpha value is -1.16. The van der Waals surface area contributed by atoms with Gasteiger partial charge in [0.15, 0.2) is 0 Å². The smallest absolute Gasteiger partial charge is 0.219 e. The zero-order valence-electron chi connectivity index (χ0n) is 9.62. The van der Waals surface area contributed by atoms with Crippen LogP contribution in [0.2, 0.25) is 0 Å². The first kappa shape index (κ1) is 11.3. The summed E-state index contributed by atoms with van der Waals surface area (Å²) in [5.41, 5.74) is 2.24. The van der Waals surface area contributed by atoms with Crippen molar-refractivity contribution in [3.8, 4) is 0 Å². The summed E-state index contributed by atoms with van der Waals surface area (Å²) in [6.45, 7) is 4.50. The second-order valence-corrected chi connectivity index (χ2v) is 4.72. The number of rotatable bonds is 1. The van der Waals surface area contributed by atoms with Crippen molar-refractivity contribution >= 4 is 18.1 Å². The number of hydrogen-bond acceptors (Lipinski definition) is 2. The first-order chi connectivity index (χ1) is 7.59. The van der Waals surface area contributed by atoms with E-state index in [0.29, 0.717) is 0 Å². The molecule has 1 saturated heterocycles. The molecule has 16 heavy (non-hydrogen) atoms. The fourth-order valence-corrected chi connectivity index (χ4v) is 2.42. The molecule has 1 unspecified atom stereocenters. The topological polar surface area (TPSA) is 36.1 Å². The third-order valence-electron chi connectivity index (χ3n) is 3.15. The third kappa shape index (κ3) is 2.02. The minimum absolute atomic E-state index is 0.155. The number of H-pyrrole nitrogens is 1. The Kier molecular flexibility index (Phi) is 3.10. The van der Waals surface area contributed by atoms with Gasteiger partial charge in [-0.25, -0.2) is 0 Å². The second-order valence-electron chi connectivity index (χ2n) is 4.32. The summed E-state index contributed by atoms with van der Waals surface area (Å²) in [5.74, 6) is 0.155. The number of carbonyl (C=O) groups is 1. The van der Waals surface area contributed by atoms with Crippen molar-refractivity contribution in [1.82, 2.24) is 9.88 Å². The molecule has 1 aliphatic heterocycles. The van der Waals surface area contributed by atoms with Crippen LogP contribution in [0.1, 0.15) is 36.9 Å². The Morgan fingerprint density at radius 2 is 2.38 bits per heavy atom. The molecule has 0 spiro atoms. The number of nitrogens with one attached hydrogen (secondary N) is 1. The molecule has 0 aromatic carbocycles. The SMILES string of the molecule is CC(=O)N1CCCC1c1c[nH]c(=S)c(C)c1. The van der Waals surface area contributed by atoms with Crippen molar-refractivity contribution in [2.75, 3.05) is 6.54 Å². The Morgan fingerprint density at radius 1 is 1.62 bits per heavy atom. The summed E-state index contributed by atoms with van der Waals surface area (Å²) < 4.78 is 0.774. The highest BCUT2D eigenvalue weighted by atomic mass is 32.1. The van der Waals surface area contributed by atoms with E-state index in [0.717, 1.165) is 29.6 Å². The molecule has 0 aliphatic carbocycles. The number of aryl methyl sites for hydroxylation is 1. The van der Waals surface area contributed by atoms with Crippen LogP contribution in [0.25, 0.3) is 0 Å². The van der Waals surface area contributed by atoms with Crippen LogP contribution in [-0.2, 0) is 4.79 Å². The van der Waals surface area contributed by atoms with E-state index in [2.05, 4.69) is 11.1 Å².